The van der Waals surface area contributed by atoms with Crippen LogP contribution in [0, 0.1) is 0 Å². The number of carbonyl (C=O) groups is 3. The first-order valence-electron chi connectivity index (χ1n) is 11.1. The number of carbonyl (C=O) groups excluding carboxylic acids is 3. The van der Waals surface area contributed by atoms with Crippen molar-refractivity contribution in [2.45, 2.75) is 6.54 Å². The first-order chi connectivity index (χ1) is 17.0. The number of hydrogen-bond donors (Lipinski definition) is 0. The molecule has 0 spiro atoms. The van der Waals surface area contributed by atoms with Gasteiger partial charge in [-0.25, -0.2) is 4.79 Å². The number of hydrogen-bond acceptors (Lipinski definition) is 6. The van der Waals surface area contributed by atoms with Crippen molar-refractivity contribution < 1.29 is 28.6 Å². The van der Waals surface area contributed by atoms with Gasteiger partial charge in [-0.15, -0.1) is 0 Å². The Balaban J connectivity index is 1.91. The second-order valence-corrected chi connectivity index (χ2v) is 8.28. The van der Waals surface area contributed by atoms with Crippen molar-refractivity contribution in [1.29, 1.82) is 0 Å². The third kappa shape index (κ3) is 3.54. The summed E-state index contributed by atoms with van der Waals surface area (Å²) in [5.41, 5.74) is 2.76. The van der Waals surface area contributed by atoms with Crippen molar-refractivity contribution in [1.82, 2.24) is 9.47 Å². The van der Waals surface area contributed by atoms with Crippen LogP contribution in [0.4, 0.5) is 0 Å². The van der Waals surface area contributed by atoms with E-state index >= 15 is 0 Å². The number of amides is 1. The van der Waals surface area contributed by atoms with Gasteiger partial charge in [-0.2, -0.15) is 0 Å². The number of fused-ring (bicyclic) bond motifs is 5. The normalized spacial score (nSPS) is 12.9. The molecule has 5 rings (SSSR count). The van der Waals surface area contributed by atoms with E-state index in [1.54, 1.807) is 67.7 Å². The van der Waals surface area contributed by atoms with Crippen LogP contribution in [-0.2, 0) is 16.0 Å². The highest BCUT2D eigenvalue weighted by atomic mass is 16.5. The van der Waals surface area contributed by atoms with Gasteiger partial charge in [0.15, 0.2) is 0 Å². The van der Waals surface area contributed by atoms with Crippen LogP contribution >= 0.6 is 0 Å². The zero-order valence-corrected chi connectivity index (χ0v) is 19.7. The Morgan fingerprint density at radius 1 is 1.00 bits per heavy atom. The van der Waals surface area contributed by atoms with Gasteiger partial charge in [-0.3, -0.25) is 14.2 Å². The highest BCUT2D eigenvalue weighted by molar-refractivity contribution is 6.27. The zero-order valence-electron chi connectivity index (χ0n) is 19.7. The van der Waals surface area contributed by atoms with Crippen molar-refractivity contribution >= 4 is 39.6 Å². The summed E-state index contributed by atoms with van der Waals surface area (Å²) < 4.78 is 17.2. The molecule has 1 amide bonds. The summed E-state index contributed by atoms with van der Waals surface area (Å²) in [6, 6.07) is 15.8. The molecule has 1 aliphatic heterocycles. The number of rotatable bonds is 6. The van der Waals surface area contributed by atoms with E-state index in [0.717, 1.165) is 0 Å². The van der Waals surface area contributed by atoms with Gasteiger partial charge in [-0.05, 0) is 42.0 Å². The first kappa shape index (κ1) is 22.6. The van der Waals surface area contributed by atoms with Crippen molar-refractivity contribution in [2.24, 2.45) is 0 Å². The van der Waals surface area contributed by atoms with Crippen LogP contribution in [0.25, 0.3) is 21.8 Å². The molecule has 1 aliphatic rings. The molecule has 35 heavy (non-hydrogen) atoms. The average molecular weight is 472 g/mol. The van der Waals surface area contributed by atoms with Gasteiger partial charge >= 0.3 is 5.97 Å². The van der Waals surface area contributed by atoms with Gasteiger partial charge in [-0.1, -0.05) is 18.2 Å². The van der Waals surface area contributed by atoms with E-state index < -0.39 is 5.97 Å². The molecule has 8 heteroatoms. The fraction of sp³-hybridized carbons (Fsp3) is 0.222. The lowest BCUT2D eigenvalue weighted by Crippen LogP contribution is -2.27. The number of aromatic nitrogens is 1. The predicted molar refractivity (Wildman–Crippen MR) is 130 cm³/mol. The molecule has 3 aromatic carbocycles. The largest absolute Gasteiger partial charge is 0.497 e. The molecule has 8 nitrogen and oxygen atoms in total. The first-order valence-corrected chi connectivity index (χ1v) is 11.1. The Bertz CT molecular complexity index is 1490. The summed E-state index contributed by atoms with van der Waals surface area (Å²) in [6.45, 7) is 1.12. The fourth-order valence-corrected chi connectivity index (χ4v) is 4.75. The average Bonchev–Trinajstić information content (AvgIpc) is 3.40. The Morgan fingerprint density at radius 3 is 2.46 bits per heavy atom. The second-order valence-electron chi connectivity index (χ2n) is 8.28. The Hall–Kier alpha value is -4.17. The van der Waals surface area contributed by atoms with E-state index in [9.17, 15) is 14.4 Å². The van der Waals surface area contributed by atoms with Gasteiger partial charge in [0.1, 0.15) is 5.75 Å². The molecule has 0 unspecified atom stereocenters. The lowest BCUT2D eigenvalue weighted by Gasteiger charge is -2.14. The van der Waals surface area contributed by atoms with Gasteiger partial charge < -0.3 is 19.1 Å². The van der Waals surface area contributed by atoms with Gasteiger partial charge in [0.25, 0.3) is 11.8 Å². The van der Waals surface area contributed by atoms with Crippen molar-refractivity contribution in [3.8, 4) is 5.75 Å². The summed E-state index contributed by atoms with van der Waals surface area (Å²) in [5, 5.41) is 1.18. The maximum Gasteiger partial charge on any atom is 0.340 e. The van der Waals surface area contributed by atoms with E-state index in [2.05, 4.69) is 0 Å². The Kier molecular flexibility index (Phi) is 5.74. The van der Waals surface area contributed by atoms with Crippen molar-refractivity contribution in [2.75, 3.05) is 34.5 Å². The molecule has 4 aromatic rings. The van der Waals surface area contributed by atoms with Gasteiger partial charge in [0.2, 0.25) is 0 Å². The quantitative estimate of drug-likeness (QED) is 0.396. The lowest BCUT2D eigenvalue weighted by atomic mass is 9.98. The summed E-state index contributed by atoms with van der Waals surface area (Å²) in [5.74, 6) is -0.504. The van der Waals surface area contributed by atoms with Crippen molar-refractivity contribution in [3.63, 3.8) is 0 Å². The molecular formula is C27H24N2O6. The smallest absolute Gasteiger partial charge is 0.340 e. The fourth-order valence-electron chi connectivity index (χ4n) is 4.75. The van der Waals surface area contributed by atoms with Crippen LogP contribution in [0.2, 0.25) is 0 Å². The van der Waals surface area contributed by atoms with Crippen LogP contribution in [0.3, 0.4) is 0 Å². The number of methoxy groups -OCH3 is 3. The molecule has 1 aromatic heterocycles. The highest BCUT2D eigenvalue weighted by Crippen LogP contribution is 2.41. The van der Waals surface area contributed by atoms with Crippen molar-refractivity contribution in [3.05, 3.63) is 76.9 Å². The van der Waals surface area contributed by atoms with Crippen LogP contribution in [0.5, 0.6) is 5.75 Å². The Morgan fingerprint density at radius 2 is 1.77 bits per heavy atom. The molecular weight excluding hydrogens is 448 g/mol. The molecule has 0 fully saturated rings. The maximum absolute atomic E-state index is 13.8. The molecule has 0 radical (unpaired) electrons. The molecule has 0 aliphatic carbocycles. The predicted octanol–water partition coefficient (Wildman–Crippen LogP) is 3.88. The summed E-state index contributed by atoms with van der Waals surface area (Å²) in [6.07, 6.45) is 0. The molecule has 0 N–H and O–H groups in total. The molecule has 0 bridgehead atoms. The minimum absolute atomic E-state index is 0.174. The monoisotopic (exact) mass is 472 g/mol. The molecule has 0 saturated carbocycles. The van der Waals surface area contributed by atoms with E-state index in [0.29, 0.717) is 63.9 Å². The van der Waals surface area contributed by atoms with Gasteiger partial charge in [0.05, 0.1) is 43.0 Å². The number of benzene rings is 3. The zero-order chi connectivity index (χ0) is 24.7. The van der Waals surface area contributed by atoms with Crippen LogP contribution < -0.4 is 4.74 Å². The second kappa shape index (κ2) is 8.88. The summed E-state index contributed by atoms with van der Waals surface area (Å²) in [7, 11) is 4.43. The molecule has 0 atom stereocenters. The van der Waals surface area contributed by atoms with Crippen LogP contribution in [0.15, 0.2) is 54.6 Å². The van der Waals surface area contributed by atoms with E-state index in [-0.39, 0.29) is 17.4 Å². The number of esters is 1. The highest BCUT2D eigenvalue weighted by Gasteiger charge is 2.35. The van der Waals surface area contributed by atoms with Crippen LogP contribution in [0.1, 0.15) is 36.6 Å². The van der Waals surface area contributed by atoms with E-state index in [1.165, 1.54) is 11.7 Å². The lowest BCUT2D eigenvalue weighted by molar-refractivity contribution is 0.0602. The minimum atomic E-state index is -0.586. The van der Waals surface area contributed by atoms with Crippen LogP contribution in [-0.4, -0.2) is 61.7 Å². The van der Waals surface area contributed by atoms with E-state index in [1.807, 2.05) is 6.07 Å². The maximum atomic E-state index is 13.8. The number of ether oxygens (including phenoxy) is 3. The molecule has 0 saturated heterocycles. The minimum Gasteiger partial charge on any atom is -0.497 e. The van der Waals surface area contributed by atoms with E-state index in [4.69, 9.17) is 14.2 Å². The topological polar surface area (TPSA) is 87.1 Å². The summed E-state index contributed by atoms with van der Waals surface area (Å²) >= 11 is 0. The molecule has 2 heterocycles. The standard InChI is InChI=1S/C27H24N2O6/c1-33-12-11-28-15-17-13-20(27(32)35-3)24-23(22(17)26(28)31)19-14-18(34-2)9-10-21(19)29(24)25(30)16-7-5-4-6-8-16/h4-10,13-14H,11-12,15H2,1-3H3. The third-order valence-electron chi connectivity index (χ3n) is 6.38. The number of nitrogens with zero attached hydrogens (tertiary/aromatic N) is 2. The Labute approximate surface area is 201 Å². The SMILES string of the molecule is COCCN1Cc2cc(C(=O)OC)c3c(c2C1=O)c1cc(OC)ccc1n3C(=O)c1ccccc1. The third-order valence-corrected chi connectivity index (χ3v) is 6.38. The molecule has 178 valence electrons. The van der Waals surface area contributed by atoms with Gasteiger partial charge in [0, 0.05) is 36.5 Å². The summed E-state index contributed by atoms with van der Waals surface area (Å²) in [4.78, 5) is 42.0.